The summed E-state index contributed by atoms with van der Waals surface area (Å²) in [5.41, 5.74) is 9.64. The molecule has 2 rings (SSSR count). The van der Waals surface area contributed by atoms with Gasteiger partial charge in [0.15, 0.2) is 0 Å². The number of carbonyl (C=O) groups excluding carboxylic acids is 1. The molecule has 1 heterocycles. The molecule has 0 bridgehead atoms. The molecule has 1 aromatic carbocycles. The molecule has 0 atom stereocenters. The van der Waals surface area contributed by atoms with E-state index in [1.54, 1.807) is 0 Å². The highest BCUT2D eigenvalue weighted by molar-refractivity contribution is 5.86. The molecule has 0 spiro atoms. The van der Waals surface area contributed by atoms with Crippen molar-refractivity contribution in [3.63, 3.8) is 0 Å². The molecule has 0 fully saturated rings. The van der Waals surface area contributed by atoms with Gasteiger partial charge < -0.3 is 10.7 Å². The topological polar surface area (TPSA) is 58.9 Å². The Bertz CT molecular complexity index is 526. The summed E-state index contributed by atoms with van der Waals surface area (Å²) in [5.74, 6) is -0.292. The van der Waals surface area contributed by atoms with Gasteiger partial charge in [-0.3, -0.25) is 4.79 Å². The van der Waals surface area contributed by atoms with Crippen molar-refractivity contribution < 1.29 is 4.79 Å². The first-order valence-corrected chi connectivity index (χ1v) is 4.94. The predicted molar refractivity (Wildman–Crippen MR) is 60.7 cm³/mol. The van der Waals surface area contributed by atoms with Crippen LogP contribution in [0.2, 0.25) is 0 Å². The van der Waals surface area contributed by atoms with Crippen molar-refractivity contribution in [1.82, 2.24) is 4.98 Å². The number of nitrogens with one attached hydrogen (secondary N) is 1. The standard InChI is InChI=1S/C12H14N2O/c1-7-8(2)14-11-4-3-9(5-10(7)11)6-12(13)15/h3-5,14H,6H2,1-2H3,(H2,13,15). The number of hydrogen-bond donors (Lipinski definition) is 2. The lowest BCUT2D eigenvalue weighted by Crippen LogP contribution is -2.13. The second kappa shape index (κ2) is 3.42. The number of carbonyl (C=O) groups is 1. The highest BCUT2D eigenvalue weighted by Gasteiger charge is 2.05. The van der Waals surface area contributed by atoms with Crippen LogP contribution in [0.1, 0.15) is 16.8 Å². The largest absolute Gasteiger partial charge is 0.369 e. The fourth-order valence-electron chi connectivity index (χ4n) is 1.82. The second-order valence-electron chi connectivity index (χ2n) is 3.90. The molecule has 3 nitrogen and oxygen atoms in total. The quantitative estimate of drug-likeness (QED) is 0.766. The summed E-state index contributed by atoms with van der Waals surface area (Å²) < 4.78 is 0. The summed E-state index contributed by atoms with van der Waals surface area (Å²) in [6.07, 6.45) is 0.305. The molecule has 0 radical (unpaired) electrons. The number of rotatable bonds is 2. The maximum absolute atomic E-state index is 10.8. The van der Waals surface area contributed by atoms with Gasteiger partial charge >= 0.3 is 0 Å². The summed E-state index contributed by atoms with van der Waals surface area (Å²) in [5, 5.41) is 1.17. The fraction of sp³-hybridized carbons (Fsp3) is 0.250. The molecule has 78 valence electrons. The van der Waals surface area contributed by atoms with Gasteiger partial charge in [-0.2, -0.15) is 0 Å². The van der Waals surface area contributed by atoms with Gasteiger partial charge in [0.05, 0.1) is 6.42 Å². The van der Waals surface area contributed by atoms with E-state index in [0.29, 0.717) is 6.42 Å². The van der Waals surface area contributed by atoms with Gasteiger partial charge in [-0.15, -0.1) is 0 Å². The molecule has 0 aliphatic heterocycles. The number of aromatic amines is 1. The Hall–Kier alpha value is -1.77. The zero-order chi connectivity index (χ0) is 11.0. The average molecular weight is 202 g/mol. The Morgan fingerprint density at radius 3 is 2.80 bits per heavy atom. The van der Waals surface area contributed by atoms with Gasteiger partial charge in [0, 0.05) is 16.6 Å². The number of amides is 1. The predicted octanol–water partition coefficient (Wildman–Crippen LogP) is 1.81. The lowest BCUT2D eigenvalue weighted by atomic mass is 10.1. The highest BCUT2D eigenvalue weighted by atomic mass is 16.1. The third-order valence-corrected chi connectivity index (χ3v) is 2.75. The molecular formula is C12H14N2O. The smallest absolute Gasteiger partial charge is 0.221 e. The number of nitrogens with two attached hydrogens (primary N) is 1. The lowest BCUT2D eigenvalue weighted by molar-refractivity contribution is -0.117. The normalized spacial score (nSPS) is 10.8. The van der Waals surface area contributed by atoms with Crippen molar-refractivity contribution in [2.45, 2.75) is 20.3 Å². The maximum atomic E-state index is 10.8. The van der Waals surface area contributed by atoms with E-state index in [9.17, 15) is 4.79 Å². The lowest BCUT2D eigenvalue weighted by Gasteiger charge is -1.98. The van der Waals surface area contributed by atoms with Gasteiger partial charge in [0.25, 0.3) is 0 Å². The molecule has 15 heavy (non-hydrogen) atoms. The fourth-order valence-corrected chi connectivity index (χ4v) is 1.82. The van der Waals surface area contributed by atoms with Crippen molar-refractivity contribution in [2.24, 2.45) is 5.73 Å². The first kappa shape index (κ1) is 9.77. The molecule has 0 saturated carbocycles. The average Bonchev–Trinajstić information content (AvgIpc) is 2.43. The van der Waals surface area contributed by atoms with E-state index in [1.807, 2.05) is 25.1 Å². The number of H-pyrrole nitrogens is 1. The molecule has 0 unspecified atom stereocenters. The summed E-state index contributed by atoms with van der Waals surface area (Å²) in [4.78, 5) is 14.1. The summed E-state index contributed by atoms with van der Waals surface area (Å²) in [7, 11) is 0. The van der Waals surface area contributed by atoms with Gasteiger partial charge in [-0.05, 0) is 37.1 Å². The Labute approximate surface area is 88.3 Å². The van der Waals surface area contributed by atoms with Gasteiger partial charge in [-0.25, -0.2) is 0 Å². The van der Waals surface area contributed by atoms with Crippen molar-refractivity contribution in [3.05, 3.63) is 35.0 Å². The van der Waals surface area contributed by atoms with Crippen LogP contribution in [0.25, 0.3) is 10.9 Å². The van der Waals surface area contributed by atoms with Crippen molar-refractivity contribution in [2.75, 3.05) is 0 Å². The number of primary amides is 1. The highest BCUT2D eigenvalue weighted by Crippen LogP contribution is 2.22. The van der Waals surface area contributed by atoms with Crippen molar-refractivity contribution >= 4 is 16.8 Å². The van der Waals surface area contributed by atoms with Crippen LogP contribution in [-0.2, 0) is 11.2 Å². The van der Waals surface area contributed by atoms with Crippen molar-refractivity contribution in [1.29, 1.82) is 0 Å². The molecule has 0 aliphatic rings. The Kier molecular flexibility index (Phi) is 2.23. The Morgan fingerprint density at radius 1 is 1.40 bits per heavy atom. The first-order valence-electron chi connectivity index (χ1n) is 4.94. The molecule has 3 heteroatoms. The van der Waals surface area contributed by atoms with Crippen LogP contribution >= 0.6 is 0 Å². The van der Waals surface area contributed by atoms with E-state index >= 15 is 0 Å². The SMILES string of the molecule is Cc1[nH]c2ccc(CC(N)=O)cc2c1C. The van der Waals surface area contributed by atoms with Gasteiger partial charge in [0.1, 0.15) is 0 Å². The van der Waals surface area contributed by atoms with E-state index in [1.165, 1.54) is 16.6 Å². The molecule has 2 aromatic rings. The molecule has 3 N–H and O–H groups in total. The van der Waals surface area contributed by atoms with Crippen LogP contribution < -0.4 is 5.73 Å². The molecule has 1 amide bonds. The minimum atomic E-state index is -0.292. The molecular weight excluding hydrogens is 188 g/mol. The minimum Gasteiger partial charge on any atom is -0.369 e. The Morgan fingerprint density at radius 2 is 2.13 bits per heavy atom. The van der Waals surface area contributed by atoms with Crippen LogP contribution in [0.4, 0.5) is 0 Å². The van der Waals surface area contributed by atoms with E-state index in [-0.39, 0.29) is 5.91 Å². The zero-order valence-corrected chi connectivity index (χ0v) is 8.92. The van der Waals surface area contributed by atoms with Crippen molar-refractivity contribution in [3.8, 4) is 0 Å². The molecule has 1 aromatic heterocycles. The van der Waals surface area contributed by atoms with E-state index in [2.05, 4.69) is 11.9 Å². The summed E-state index contributed by atoms with van der Waals surface area (Å²) >= 11 is 0. The van der Waals surface area contributed by atoms with Crippen LogP contribution in [0.3, 0.4) is 0 Å². The number of fused-ring (bicyclic) bond motifs is 1. The zero-order valence-electron chi connectivity index (χ0n) is 8.92. The monoisotopic (exact) mass is 202 g/mol. The third kappa shape index (κ3) is 1.73. The van der Waals surface area contributed by atoms with Crippen LogP contribution in [0.15, 0.2) is 18.2 Å². The number of aromatic nitrogens is 1. The van der Waals surface area contributed by atoms with E-state index < -0.39 is 0 Å². The van der Waals surface area contributed by atoms with E-state index in [4.69, 9.17) is 5.73 Å². The van der Waals surface area contributed by atoms with Crippen LogP contribution in [-0.4, -0.2) is 10.9 Å². The minimum absolute atomic E-state index is 0.292. The molecule has 0 saturated heterocycles. The third-order valence-electron chi connectivity index (χ3n) is 2.75. The molecule has 0 aliphatic carbocycles. The van der Waals surface area contributed by atoms with Gasteiger partial charge in [-0.1, -0.05) is 6.07 Å². The number of aryl methyl sites for hydroxylation is 2. The van der Waals surface area contributed by atoms with Crippen LogP contribution in [0.5, 0.6) is 0 Å². The Balaban J connectivity index is 2.54. The maximum Gasteiger partial charge on any atom is 0.221 e. The first-order chi connectivity index (χ1) is 7.08. The summed E-state index contributed by atoms with van der Waals surface area (Å²) in [6.45, 7) is 4.12. The van der Waals surface area contributed by atoms with Gasteiger partial charge in [0.2, 0.25) is 5.91 Å². The number of hydrogen-bond acceptors (Lipinski definition) is 1. The van der Waals surface area contributed by atoms with E-state index in [0.717, 1.165) is 11.1 Å². The second-order valence-corrected chi connectivity index (χ2v) is 3.90. The van der Waals surface area contributed by atoms with Crippen LogP contribution in [0, 0.1) is 13.8 Å². The summed E-state index contributed by atoms with van der Waals surface area (Å²) in [6, 6.07) is 5.95. The number of benzene rings is 1.